The molecule has 0 fully saturated rings. The zero-order chi connectivity index (χ0) is 15.2. The average Bonchev–Trinajstić information content (AvgIpc) is 2.86. The van der Waals surface area contributed by atoms with Gasteiger partial charge in [0.25, 0.3) is 0 Å². The Morgan fingerprint density at radius 3 is 2.52 bits per heavy atom. The smallest absolute Gasteiger partial charge is 0.387 e. The SMILES string of the molecule is CNC(CCc1nccn1C)c1ccc(OC(F)F)cc1. The molecule has 2 rings (SSSR count). The van der Waals surface area contributed by atoms with Crippen molar-refractivity contribution < 1.29 is 13.5 Å². The molecule has 0 radical (unpaired) electrons. The van der Waals surface area contributed by atoms with Crippen LogP contribution in [0.2, 0.25) is 0 Å². The summed E-state index contributed by atoms with van der Waals surface area (Å²) in [4.78, 5) is 4.29. The molecule has 1 N–H and O–H groups in total. The second-order valence-electron chi connectivity index (χ2n) is 4.78. The first-order valence-corrected chi connectivity index (χ1v) is 6.78. The molecule has 114 valence electrons. The van der Waals surface area contributed by atoms with E-state index < -0.39 is 6.61 Å². The lowest BCUT2D eigenvalue weighted by molar-refractivity contribution is -0.0498. The predicted octanol–water partition coefficient (Wildman–Crippen LogP) is 2.91. The van der Waals surface area contributed by atoms with Crippen LogP contribution in [-0.2, 0) is 13.5 Å². The third kappa shape index (κ3) is 4.26. The zero-order valence-corrected chi connectivity index (χ0v) is 12.1. The van der Waals surface area contributed by atoms with E-state index in [0.29, 0.717) is 0 Å². The molecule has 0 saturated heterocycles. The fourth-order valence-electron chi connectivity index (χ4n) is 2.27. The Hall–Kier alpha value is -1.95. The normalized spacial score (nSPS) is 12.6. The quantitative estimate of drug-likeness (QED) is 0.853. The number of aromatic nitrogens is 2. The van der Waals surface area contributed by atoms with E-state index in [-0.39, 0.29) is 11.8 Å². The predicted molar refractivity (Wildman–Crippen MR) is 76.4 cm³/mol. The van der Waals surface area contributed by atoms with Crippen LogP contribution in [0.5, 0.6) is 5.75 Å². The molecule has 0 aliphatic carbocycles. The van der Waals surface area contributed by atoms with E-state index in [1.165, 1.54) is 0 Å². The van der Waals surface area contributed by atoms with Gasteiger partial charge in [0.1, 0.15) is 11.6 Å². The third-order valence-electron chi connectivity index (χ3n) is 3.43. The Morgan fingerprint density at radius 2 is 2.00 bits per heavy atom. The maximum atomic E-state index is 12.1. The highest BCUT2D eigenvalue weighted by atomic mass is 19.3. The molecule has 6 heteroatoms. The molecule has 1 heterocycles. The maximum absolute atomic E-state index is 12.1. The molecule has 0 aliphatic rings. The third-order valence-corrected chi connectivity index (χ3v) is 3.43. The summed E-state index contributed by atoms with van der Waals surface area (Å²) in [5, 5.41) is 3.23. The summed E-state index contributed by atoms with van der Waals surface area (Å²) in [6, 6.07) is 6.87. The molecule has 1 aromatic heterocycles. The number of alkyl halides is 2. The molecular weight excluding hydrogens is 276 g/mol. The van der Waals surface area contributed by atoms with Gasteiger partial charge in [0.15, 0.2) is 0 Å². The van der Waals surface area contributed by atoms with E-state index in [1.54, 1.807) is 30.5 Å². The van der Waals surface area contributed by atoms with Crippen LogP contribution in [0.4, 0.5) is 8.78 Å². The minimum absolute atomic E-state index is 0.141. The maximum Gasteiger partial charge on any atom is 0.387 e. The molecule has 4 nitrogen and oxygen atoms in total. The van der Waals surface area contributed by atoms with Crippen molar-refractivity contribution in [1.82, 2.24) is 14.9 Å². The van der Waals surface area contributed by atoms with E-state index in [2.05, 4.69) is 15.0 Å². The molecule has 1 atom stereocenters. The van der Waals surface area contributed by atoms with Crippen LogP contribution in [0.15, 0.2) is 36.7 Å². The molecule has 0 amide bonds. The first-order chi connectivity index (χ1) is 10.1. The highest BCUT2D eigenvalue weighted by Gasteiger charge is 2.12. The molecular formula is C15H19F2N3O. The topological polar surface area (TPSA) is 39.1 Å². The van der Waals surface area contributed by atoms with Crippen LogP contribution < -0.4 is 10.1 Å². The van der Waals surface area contributed by atoms with Gasteiger partial charge in [-0.15, -0.1) is 0 Å². The Labute approximate surface area is 122 Å². The second kappa shape index (κ2) is 7.17. The van der Waals surface area contributed by atoms with Gasteiger partial charge < -0.3 is 14.6 Å². The fraction of sp³-hybridized carbons (Fsp3) is 0.400. The van der Waals surface area contributed by atoms with Gasteiger partial charge in [-0.2, -0.15) is 8.78 Å². The van der Waals surface area contributed by atoms with Crippen molar-refractivity contribution in [3.8, 4) is 5.75 Å². The van der Waals surface area contributed by atoms with Gasteiger partial charge in [0.05, 0.1) is 0 Å². The molecule has 2 aromatic rings. The Kier molecular flexibility index (Phi) is 5.27. The number of rotatable bonds is 7. The first kappa shape index (κ1) is 15.4. The molecule has 0 spiro atoms. The number of ether oxygens (including phenoxy) is 1. The molecule has 21 heavy (non-hydrogen) atoms. The summed E-state index contributed by atoms with van der Waals surface area (Å²) in [5.41, 5.74) is 1.04. The summed E-state index contributed by atoms with van der Waals surface area (Å²) < 4.78 is 30.6. The number of halogens is 2. The number of benzene rings is 1. The minimum Gasteiger partial charge on any atom is -0.435 e. The van der Waals surface area contributed by atoms with Gasteiger partial charge in [0, 0.05) is 31.9 Å². The summed E-state index contributed by atoms with van der Waals surface area (Å²) in [5.74, 6) is 1.20. The van der Waals surface area contributed by atoms with Gasteiger partial charge >= 0.3 is 6.61 Å². The molecule has 1 unspecified atom stereocenters. The van der Waals surface area contributed by atoms with E-state index in [4.69, 9.17) is 0 Å². The first-order valence-electron chi connectivity index (χ1n) is 6.78. The number of hydrogen-bond donors (Lipinski definition) is 1. The lowest BCUT2D eigenvalue weighted by Gasteiger charge is -2.17. The Morgan fingerprint density at radius 1 is 1.29 bits per heavy atom. The van der Waals surface area contributed by atoms with Crippen molar-refractivity contribution in [2.24, 2.45) is 7.05 Å². The highest BCUT2D eigenvalue weighted by Crippen LogP contribution is 2.22. The largest absolute Gasteiger partial charge is 0.435 e. The average molecular weight is 295 g/mol. The zero-order valence-electron chi connectivity index (χ0n) is 12.1. The lowest BCUT2D eigenvalue weighted by Crippen LogP contribution is -2.17. The van der Waals surface area contributed by atoms with Crippen molar-refractivity contribution in [3.05, 3.63) is 48.0 Å². The van der Waals surface area contributed by atoms with Crippen molar-refractivity contribution in [3.63, 3.8) is 0 Å². The summed E-state index contributed by atoms with van der Waals surface area (Å²) in [7, 11) is 3.85. The molecule has 0 saturated carbocycles. The lowest BCUT2D eigenvalue weighted by atomic mass is 10.0. The number of imidazole rings is 1. The van der Waals surface area contributed by atoms with E-state index in [1.807, 2.05) is 24.9 Å². The minimum atomic E-state index is -2.79. The van der Waals surface area contributed by atoms with Gasteiger partial charge in [0.2, 0.25) is 0 Å². The highest BCUT2D eigenvalue weighted by molar-refractivity contribution is 5.29. The fourth-order valence-corrected chi connectivity index (χ4v) is 2.27. The Balaban J connectivity index is 1.98. The molecule has 0 bridgehead atoms. The van der Waals surface area contributed by atoms with E-state index >= 15 is 0 Å². The summed E-state index contributed by atoms with van der Waals surface area (Å²) >= 11 is 0. The van der Waals surface area contributed by atoms with Crippen LogP contribution in [-0.4, -0.2) is 23.2 Å². The van der Waals surface area contributed by atoms with Crippen LogP contribution in [0.1, 0.15) is 23.9 Å². The number of hydrogen-bond acceptors (Lipinski definition) is 3. The number of aryl methyl sites for hydroxylation is 2. The van der Waals surface area contributed by atoms with E-state index in [9.17, 15) is 8.78 Å². The number of nitrogens with zero attached hydrogens (tertiary/aromatic N) is 2. The van der Waals surface area contributed by atoms with Gasteiger partial charge in [-0.1, -0.05) is 12.1 Å². The van der Waals surface area contributed by atoms with Crippen LogP contribution in [0.3, 0.4) is 0 Å². The molecule has 0 aliphatic heterocycles. The van der Waals surface area contributed by atoms with Crippen molar-refractivity contribution in [1.29, 1.82) is 0 Å². The van der Waals surface area contributed by atoms with Crippen molar-refractivity contribution in [2.75, 3.05) is 7.05 Å². The van der Waals surface area contributed by atoms with Crippen molar-refractivity contribution in [2.45, 2.75) is 25.5 Å². The second-order valence-corrected chi connectivity index (χ2v) is 4.78. The monoisotopic (exact) mass is 295 g/mol. The Bertz CT molecular complexity index is 554. The van der Waals surface area contributed by atoms with Crippen molar-refractivity contribution >= 4 is 0 Å². The van der Waals surface area contributed by atoms with Crippen LogP contribution in [0, 0.1) is 0 Å². The summed E-state index contributed by atoms with van der Waals surface area (Å²) in [6.45, 7) is -2.79. The van der Waals surface area contributed by atoms with Gasteiger partial charge in [-0.25, -0.2) is 4.98 Å². The number of nitrogens with one attached hydrogen (secondary N) is 1. The van der Waals surface area contributed by atoms with Gasteiger partial charge in [-0.3, -0.25) is 0 Å². The van der Waals surface area contributed by atoms with Crippen LogP contribution in [0.25, 0.3) is 0 Å². The molecule has 1 aromatic carbocycles. The van der Waals surface area contributed by atoms with E-state index in [0.717, 1.165) is 24.2 Å². The standard InChI is InChI=1S/C15H19F2N3O/c1-18-13(7-8-14-19-9-10-20(14)2)11-3-5-12(6-4-11)21-15(16)17/h3-6,9-10,13,15,18H,7-8H2,1-2H3. The van der Waals surface area contributed by atoms with Gasteiger partial charge in [-0.05, 0) is 31.2 Å². The van der Waals surface area contributed by atoms with Crippen LogP contribution >= 0.6 is 0 Å². The summed E-state index contributed by atoms with van der Waals surface area (Å²) in [6.07, 6.45) is 5.40.